The molecule has 0 spiro atoms. The molecular formula is C16H34N2O. The normalized spacial score (nSPS) is 33.6. The second kappa shape index (κ2) is 7.61. The molecule has 0 aromatic carbocycles. The summed E-state index contributed by atoms with van der Waals surface area (Å²) in [6, 6.07) is 0.604. The Labute approximate surface area is 119 Å². The topological polar surface area (TPSA) is 38.5 Å². The molecule has 0 radical (unpaired) electrons. The molecule has 3 unspecified atom stereocenters. The quantitative estimate of drug-likeness (QED) is 0.772. The first kappa shape index (κ1) is 16.9. The zero-order chi connectivity index (χ0) is 14.5. The van der Waals surface area contributed by atoms with Crippen molar-refractivity contribution in [3.63, 3.8) is 0 Å². The van der Waals surface area contributed by atoms with Crippen LogP contribution in [0.5, 0.6) is 0 Å². The number of nitrogens with zero attached hydrogens (tertiary/aromatic N) is 1. The van der Waals surface area contributed by atoms with Crippen molar-refractivity contribution in [3.8, 4) is 0 Å². The Balaban J connectivity index is 2.92. The number of nitrogens with two attached hydrogens (primary N) is 1. The maximum Gasteiger partial charge on any atom is 0.0568 e. The molecular weight excluding hydrogens is 236 g/mol. The van der Waals surface area contributed by atoms with Gasteiger partial charge < -0.3 is 10.5 Å². The summed E-state index contributed by atoms with van der Waals surface area (Å²) in [5, 5.41) is 0. The molecule has 3 heteroatoms. The summed E-state index contributed by atoms with van der Waals surface area (Å²) < 4.78 is 5.93. The van der Waals surface area contributed by atoms with Crippen molar-refractivity contribution in [2.45, 2.75) is 90.5 Å². The van der Waals surface area contributed by atoms with Crippen LogP contribution < -0.4 is 5.73 Å². The van der Waals surface area contributed by atoms with E-state index in [0.29, 0.717) is 18.2 Å². The van der Waals surface area contributed by atoms with E-state index in [2.05, 4.69) is 39.5 Å². The van der Waals surface area contributed by atoms with Crippen LogP contribution in [0.1, 0.15) is 66.7 Å². The molecule has 19 heavy (non-hydrogen) atoms. The maximum atomic E-state index is 6.23. The highest BCUT2D eigenvalue weighted by Gasteiger charge is 2.43. The number of unbranched alkanes of at least 4 members (excludes halogenated alkanes) is 1. The molecule has 0 saturated carbocycles. The lowest BCUT2D eigenvalue weighted by Crippen LogP contribution is -2.62. The van der Waals surface area contributed by atoms with Crippen LogP contribution in [-0.2, 0) is 4.74 Å². The largest absolute Gasteiger partial charge is 0.375 e. The zero-order valence-electron chi connectivity index (χ0n) is 13.6. The van der Waals surface area contributed by atoms with E-state index in [1.165, 1.54) is 25.8 Å². The molecule has 0 aliphatic carbocycles. The lowest BCUT2D eigenvalue weighted by atomic mass is 9.81. The molecule has 0 aromatic heterocycles. The molecule has 1 aliphatic rings. The smallest absolute Gasteiger partial charge is 0.0568 e. The van der Waals surface area contributed by atoms with Crippen molar-refractivity contribution in [2.75, 3.05) is 13.1 Å². The van der Waals surface area contributed by atoms with Crippen molar-refractivity contribution in [3.05, 3.63) is 0 Å². The monoisotopic (exact) mass is 270 g/mol. The van der Waals surface area contributed by atoms with Gasteiger partial charge in [-0.3, -0.25) is 4.90 Å². The van der Waals surface area contributed by atoms with Crippen LogP contribution in [0.4, 0.5) is 0 Å². The van der Waals surface area contributed by atoms with Crippen LogP contribution >= 0.6 is 0 Å². The number of ether oxygens (including phenoxy) is 1. The fourth-order valence-corrected chi connectivity index (χ4v) is 3.64. The van der Waals surface area contributed by atoms with Gasteiger partial charge in [0.05, 0.1) is 12.2 Å². The zero-order valence-corrected chi connectivity index (χ0v) is 13.6. The summed E-state index contributed by atoms with van der Waals surface area (Å²) in [5.41, 5.74) is 6.37. The van der Waals surface area contributed by atoms with E-state index in [1.807, 2.05) is 0 Å². The van der Waals surface area contributed by atoms with Gasteiger partial charge in [-0.2, -0.15) is 0 Å². The summed E-state index contributed by atoms with van der Waals surface area (Å²) in [4.78, 5) is 2.69. The Morgan fingerprint density at radius 2 is 1.84 bits per heavy atom. The van der Waals surface area contributed by atoms with Gasteiger partial charge >= 0.3 is 0 Å². The average molecular weight is 270 g/mol. The Hall–Kier alpha value is -0.120. The Bertz CT molecular complexity index is 247. The number of rotatable bonds is 7. The van der Waals surface area contributed by atoms with Crippen molar-refractivity contribution in [1.82, 2.24) is 4.90 Å². The minimum absolute atomic E-state index is 0.141. The van der Waals surface area contributed by atoms with Crippen LogP contribution in [0.15, 0.2) is 0 Å². The molecule has 1 heterocycles. The molecule has 0 bridgehead atoms. The van der Waals surface area contributed by atoms with Gasteiger partial charge in [0.1, 0.15) is 0 Å². The molecule has 1 fully saturated rings. The van der Waals surface area contributed by atoms with E-state index in [1.54, 1.807) is 0 Å². The average Bonchev–Trinajstić information content (AvgIpc) is 2.37. The summed E-state index contributed by atoms with van der Waals surface area (Å²) in [7, 11) is 0. The fourth-order valence-electron chi connectivity index (χ4n) is 3.64. The number of hydrogen-bond acceptors (Lipinski definition) is 3. The van der Waals surface area contributed by atoms with E-state index in [4.69, 9.17) is 10.5 Å². The first-order valence-corrected chi connectivity index (χ1v) is 8.11. The maximum absolute atomic E-state index is 6.23. The molecule has 0 aromatic rings. The number of hydrogen-bond donors (Lipinski definition) is 1. The van der Waals surface area contributed by atoms with Gasteiger partial charge in [-0.15, -0.1) is 0 Å². The van der Waals surface area contributed by atoms with E-state index in [9.17, 15) is 0 Å². The van der Waals surface area contributed by atoms with Gasteiger partial charge in [-0.05, 0) is 53.0 Å². The van der Waals surface area contributed by atoms with Crippen molar-refractivity contribution in [1.29, 1.82) is 0 Å². The summed E-state index contributed by atoms with van der Waals surface area (Å²) in [5.74, 6) is 0. The third kappa shape index (κ3) is 4.17. The van der Waals surface area contributed by atoms with Gasteiger partial charge in [0, 0.05) is 18.1 Å². The van der Waals surface area contributed by atoms with Crippen LogP contribution in [-0.4, -0.2) is 41.8 Å². The second-order valence-electron chi connectivity index (χ2n) is 6.40. The van der Waals surface area contributed by atoms with Crippen molar-refractivity contribution >= 4 is 0 Å². The van der Waals surface area contributed by atoms with Gasteiger partial charge in [0.2, 0.25) is 0 Å². The third-order valence-electron chi connectivity index (χ3n) is 4.66. The van der Waals surface area contributed by atoms with Gasteiger partial charge in [0.15, 0.2) is 0 Å². The van der Waals surface area contributed by atoms with Crippen LogP contribution in [0.25, 0.3) is 0 Å². The van der Waals surface area contributed by atoms with Crippen LogP contribution in [0.3, 0.4) is 0 Å². The highest BCUT2D eigenvalue weighted by molar-refractivity contribution is 4.99. The predicted molar refractivity (Wildman–Crippen MR) is 82.4 cm³/mol. The molecule has 1 saturated heterocycles. The predicted octanol–water partition coefficient (Wildman–Crippen LogP) is 3.17. The van der Waals surface area contributed by atoms with Crippen LogP contribution in [0.2, 0.25) is 0 Å². The van der Waals surface area contributed by atoms with E-state index < -0.39 is 0 Å². The minimum atomic E-state index is 0.141. The SMILES string of the molecule is CCCCN(C(C)CC)C1(CN)CC(C)OC(C)C1. The minimum Gasteiger partial charge on any atom is -0.375 e. The summed E-state index contributed by atoms with van der Waals surface area (Å²) in [6.07, 6.45) is 6.48. The second-order valence-corrected chi connectivity index (χ2v) is 6.40. The van der Waals surface area contributed by atoms with E-state index >= 15 is 0 Å². The molecule has 2 N–H and O–H groups in total. The Kier molecular flexibility index (Phi) is 6.78. The van der Waals surface area contributed by atoms with Crippen molar-refractivity contribution < 1.29 is 4.74 Å². The first-order chi connectivity index (χ1) is 8.99. The highest BCUT2D eigenvalue weighted by Crippen LogP contribution is 2.35. The molecule has 3 atom stereocenters. The van der Waals surface area contributed by atoms with E-state index in [-0.39, 0.29) is 5.54 Å². The van der Waals surface area contributed by atoms with Gasteiger partial charge in [-0.1, -0.05) is 20.3 Å². The van der Waals surface area contributed by atoms with Gasteiger partial charge in [-0.25, -0.2) is 0 Å². The standard InChI is InChI=1S/C16H34N2O/c1-6-8-9-18(13(3)7-2)16(12-17)10-14(4)19-15(5)11-16/h13-15H,6-12,17H2,1-5H3. The van der Waals surface area contributed by atoms with Crippen LogP contribution in [0, 0.1) is 0 Å². The lowest BCUT2D eigenvalue weighted by Gasteiger charge is -2.52. The molecule has 0 amide bonds. The molecule has 1 rings (SSSR count). The summed E-state index contributed by atoms with van der Waals surface area (Å²) >= 11 is 0. The Morgan fingerprint density at radius 1 is 1.26 bits per heavy atom. The molecule has 1 aliphatic heterocycles. The highest BCUT2D eigenvalue weighted by atomic mass is 16.5. The van der Waals surface area contributed by atoms with Crippen molar-refractivity contribution in [2.24, 2.45) is 5.73 Å². The Morgan fingerprint density at radius 3 is 2.26 bits per heavy atom. The first-order valence-electron chi connectivity index (χ1n) is 8.11. The summed E-state index contributed by atoms with van der Waals surface area (Å²) in [6.45, 7) is 13.2. The molecule has 114 valence electrons. The molecule has 3 nitrogen and oxygen atoms in total. The third-order valence-corrected chi connectivity index (χ3v) is 4.66. The lowest BCUT2D eigenvalue weighted by molar-refractivity contribution is -0.112. The fraction of sp³-hybridized carbons (Fsp3) is 1.00. The van der Waals surface area contributed by atoms with Gasteiger partial charge in [0.25, 0.3) is 0 Å². The van der Waals surface area contributed by atoms with E-state index in [0.717, 1.165) is 19.4 Å².